The van der Waals surface area contributed by atoms with Crippen LogP contribution in [-0.2, 0) is 9.53 Å². The summed E-state index contributed by atoms with van der Waals surface area (Å²) in [6.45, 7) is 1.78. The van der Waals surface area contributed by atoms with Gasteiger partial charge in [-0.1, -0.05) is 6.07 Å². The number of hydrogen-bond donors (Lipinski definition) is 1. The van der Waals surface area contributed by atoms with Gasteiger partial charge in [0.05, 0.1) is 11.5 Å². The summed E-state index contributed by atoms with van der Waals surface area (Å²) in [6.07, 6.45) is 0. The van der Waals surface area contributed by atoms with Crippen molar-refractivity contribution in [1.82, 2.24) is 5.32 Å². The minimum atomic E-state index is -0.667. The standard InChI is InChI=1S/C17H17NO5S/c1-2-22-13-7-5-12(6-8-13)17(21)18-10-16(20)23-11-14(19)15-4-3-9-24-15/h3-9H,2,10-11H2,1H3,(H,18,21). The van der Waals surface area contributed by atoms with Crippen molar-refractivity contribution in [2.75, 3.05) is 19.8 Å². The van der Waals surface area contributed by atoms with E-state index >= 15 is 0 Å². The molecule has 0 atom stereocenters. The Kier molecular flexibility index (Phi) is 6.51. The highest BCUT2D eigenvalue weighted by atomic mass is 32.1. The van der Waals surface area contributed by atoms with E-state index in [9.17, 15) is 14.4 Å². The van der Waals surface area contributed by atoms with Crippen LogP contribution in [0.3, 0.4) is 0 Å². The van der Waals surface area contributed by atoms with Crippen molar-refractivity contribution < 1.29 is 23.9 Å². The van der Waals surface area contributed by atoms with Gasteiger partial charge in [-0.2, -0.15) is 0 Å². The van der Waals surface area contributed by atoms with Gasteiger partial charge in [-0.05, 0) is 42.6 Å². The third-order valence-corrected chi connectivity index (χ3v) is 3.89. The number of Topliss-reactive ketones (excluding diaryl/α,β-unsaturated/α-hetero) is 1. The first-order valence-electron chi connectivity index (χ1n) is 7.33. The van der Waals surface area contributed by atoms with Gasteiger partial charge in [0.25, 0.3) is 5.91 Å². The Balaban J connectivity index is 1.74. The van der Waals surface area contributed by atoms with Crippen LogP contribution in [-0.4, -0.2) is 37.4 Å². The predicted molar refractivity (Wildman–Crippen MR) is 89.6 cm³/mol. The molecular weight excluding hydrogens is 330 g/mol. The van der Waals surface area contributed by atoms with Gasteiger partial charge in [-0.25, -0.2) is 0 Å². The van der Waals surface area contributed by atoms with E-state index in [1.54, 1.807) is 41.8 Å². The first-order valence-corrected chi connectivity index (χ1v) is 8.21. The SMILES string of the molecule is CCOc1ccc(C(=O)NCC(=O)OCC(=O)c2cccs2)cc1. The molecule has 0 aliphatic rings. The molecule has 1 amide bonds. The number of carbonyl (C=O) groups is 3. The molecule has 0 aliphatic carbocycles. The smallest absolute Gasteiger partial charge is 0.325 e. The summed E-state index contributed by atoms with van der Waals surface area (Å²) in [5.41, 5.74) is 0.404. The highest BCUT2D eigenvalue weighted by molar-refractivity contribution is 7.12. The third kappa shape index (κ3) is 5.20. The second kappa shape index (κ2) is 8.83. The van der Waals surface area contributed by atoms with Crippen molar-refractivity contribution in [2.24, 2.45) is 0 Å². The van der Waals surface area contributed by atoms with Crippen LogP contribution in [0.5, 0.6) is 5.75 Å². The van der Waals surface area contributed by atoms with Crippen LogP contribution >= 0.6 is 11.3 Å². The normalized spacial score (nSPS) is 10.0. The molecule has 0 bridgehead atoms. The van der Waals surface area contributed by atoms with Crippen LogP contribution in [0.2, 0.25) is 0 Å². The van der Waals surface area contributed by atoms with E-state index in [4.69, 9.17) is 9.47 Å². The summed E-state index contributed by atoms with van der Waals surface area (Å²) in [4.78, 5) is 35.7. The van der Waals surface area contributed by atoms with E-state index < -0.39 is 11.9 Å². The lowest BCUT2D eigenvalue weighted by Crippen LogP contribution is -2.31. The third-order valence-electron chi connectivity index (χ3n) is 2.98. The highest BCUT2D eigenvalue weighted by Gasteiger charge is 2.12. The van der Waals surface area contributed by atoms with Gasteiger partial charge in [0, 0.05) is 5.56 Å². The average Bonchev–Trinajstić information content (AvgIpc) is 3.13. The van der Waals surface area contributed by atoms with E-state index in [-0.39, 0.29) is 18.9 Å². The molecule has 0 aliphatic heterocycles. The molecule has 126 valence electrons. The number of esters is 1. The molecule has 1 aromatic heterocycles. The molecule has 1 N–H and O–H groups in total. The zero-order valence-corrected chi connectivity index (χ0v) is 13.9. The summed E-state index contributed by atoms with van der Waals surface area (Å²) >= 11 is 1.28. The van der Waals surface area contributed by atoms with Gasteiger partial charge in [0.15, 0.2) is 6.61 Å². The molecule has 1 heterocycles. The highest BCUT2D eigenvalue weighted by Crippen LogP contribution is 2.12. The Morgan fingerprint density at radius 3 is 2.50 bits per heavy atom. The minimum Gasteiger partial charge on any atom is -0.494 e. The first kappa shape index (κ1) is 17.7. The fourth-order valence-electron chi connectivity index (χ4n) is 1.83. The topological polar surface area (TPSA) is 81.7 Å². The van der Waals surface area contributed by atoms with Crippen molar-refractivity contribution in [1.29, 1.82) is 0 Å². The van der Waals surface area contributed by atoms with E-state index in [1.165, 1.54) is 11.3 Å². The number of thiophene rings is 1. The van der Waals surface area contributed by atoms with E-state index in [0.29, 0.717) is 22.8 Å². The molecule has 0 unspecified atom stereocenters. The Morgan fingerprint density at radius 2 is 1.88 bits per heavy atom. The lowest BCUT2D eigenvalue weighted by Gasteiger charge is -2.07. The Hall–Kier alpha value is -2.67. The lowest BCUT2D eigenvalue weighted by molar-refractivity contribution is -0.141. The molecule has 24 heavy (non-hydrogen) atoms. The van der Waals surface area contributed by atoms with Gasteiger partial charge in [0.1, 0.15) is 12.3 Å². The van der Waals surface area contributed by atoms with E-state index in [2.05, 4.69) is 5.32 Å². The lowest BCUT2D eigenvalue weighted by atomic mass is 10.2. The second-order valence-corrected chi connectivity index (χ2v) is 5.65. The number of amides is 1. The molecular formula is C17H17NO5S. The van der Waals surface area contributed by atoms with Crippen molar-refractivity contribution >= 4 is 29.0 Å². The second-order valence-electron chi connectivity index (χ2n) is 4.70. The van der Waals surface area contributed by atoms with Crippen LogP contribution in [0.15, 0.2) is 41.8 Å². The number of carbonyl (C=O) groups excluding carboxylic acids is 3. The molecule has 2 rings (SSSR count). The molecule has 2 aromatic rings. The molecule has 0 spiro atoms. The van der Waals surface area contributed by atoms with Crippen molar-refractivity contribution in [3.05, 3.63) is 52.2 Å². The number of ketones is 1. The predicted octanol–water partition coefficient (Wildman–Crippen LogP) is 2.30. The van der Waals surface area contributed by atoms with Crippen LogP contribution in [0, 0.1) is 0 Å². The fraction of sp³-hybridized carbons (Fsp3) is 0.235. The molecule has 1 aromatic carbocycles. The Bertz CT molecular complexity index is 694. The van der Waals surface area contributed by atoms with Gasteiger partial charge >= 0.3 is 5.97 Å². The van der Waals surface area contributed by atoms with E-state index in [1.807, 2.05) is 6.92 Å². The first-order chi connectivity index (χ1) is 11.6. The number of hydrogen-bond acceptors (Lipinski definition) is 6. The molecule has 0 saturated heterocycles. The quantitative estimate of drug-likeness (QED) is 0.585. The van der Waals surface area contributed by atoms with Crippen LogP contribution in [0.4, 0.5) is 0 Å². The van der Waals surface area contributed by atoms with Gasteiger partial charge in [-0.15, -0.1) is 11.3 Å². The number of benzene rings is 1. The average molecular weight is 347 g/mol. The number of nitrogens with one attached hydrogen (secondary N) is 1. The van der Waals surface area contributed by atoms with Crippen molar-refractivity contribution in [2.45, 2.75) is 6.92 Å². The number of ether oxygens (including phenoxy) is 2. The van der Waals surface area contributed by atoms with Crippen LogP contribution < -0.4 is 10.1 Å². The summed E-state index contributed by atoms with van der Waals surface area (Å²) in [7, 11) is 0. The maximum Gasteiger partial charge on any atom is 0.325 e. The van der Waals surface area contributed by atoms with Crippen LogP contribution in [0.1, 0.15) is 27.0 Å². The minimum absolute atomic E-state index is 0.267. The van der Waals surface area contributed by atoms with Gasteiger partial charge < -0.3 is 14.8 Å². The van der Waals surface area contributed by atoms with Crippen molar-refractivity contribution in [3.63, 3.8) is 0 Å². The Labute approximate surface area is 143 Å². The summed E-state index contributed by atoms with van der Waals surface area (Å²) < 4.78 is 10.1. The summed E-state index contributed by atoms with van der Waals surface area (Å²) in [5.74, 6) is -0.671. The molecule has 0 saturated carbocycles. The summed E-state index contributed by atoms with van der Waals surface area (Å²) in [6, 6.07) is 9.97. The molecule has 0 radical (unpaired) electrons. The molecule has 7 heteroatoms. The van der Waals surface area contributed by atoms with Crippen molar-refractivity contribution in [3.8, 4) is 5.75 Å². The Morgan fingerprint density at radius 1 is 1.12 bits per heavy atom. The zero-order valence-electron chi connectivity index (χ0n) is 13.1. The largest absolute Gasteiger partial charge is 0.494 e. The van der Waals surface area contributed by atoms with E-state index in [0.717, 1.165) is 0 Å². The maximum absolute atomic E-state index is 11.9. The fourth-order valence-corrected chi connectivity index (χ4v) is 2.48. The van der Waals surface area contributed by atoms with Crippen LogP contribution in [0.25, 0.3) is 0 Å². The summed E-state index contributed by atoms with van der Waals surface area (Å²) in [5, 5.41) is 4.22. The monoisotopic (exact) mass is 347 g/mol. The molecule has 6 nitrogen and oxygen atoms in total. The van der Waals surface area contributed by atoms with Gasteiger partial charge in [0.2, 0.25) is 5.78 Å². The zero-order chi connectivity index (χ0) is 17.4. The number of rotatable bonds is 8. The molecule has 0 fully saturated rings. The van der Waals surface area contributed by atoms with Gasteiger partial charge in [-0.3, -0.25) is 14.4 Å². The maximum atomic E-state index is 11.9.